The van der Waals surface area contributed by atoms with Gasteiger partial charge in [-0.25, -0.2) is 9.97 Å². The fraction of sp³-hybridized carbons (Fsp3) is 0.783. The van der Waals surface area contributed by atoms with Crippen LogP contribution in [0.2, 0.25) is 5.02 Å². The van der Waals surface area contributed by atoms with E-state index in [-0.39, 0.29) is 18.1 Å². The number of hydrogen-bond donors (Lipinski definition) is 1. The number of fused-ring (bicyclic) bond motifs is 2. The van der Waals surface area contributed by atoms with Gasteiger partial charge >= 0.3 is 0 Å². The average Bonchev–Trinajstić information content (AvgIpc) is 3.55. The van der Waals surface area contributed by atoms with Crippen LogP contribution in [-0.2, 0) is 9.53 Å². The summed E-state index contributed by atoms with van der Waals surface area (Å²) in [5.74, 6) is 2.31. The molecule has 3 saturated heterocycles. The maximum atomic E-state index is 12.2. The Morgan fingerprint density at radius 3 is 2.45 bits per heavy atom. The number of amides is 1. The lowest BCUT2D eigenvalue weighted by molar-refractivity contribution is -0.127. The predicted molar refractivity (Wildman–Crippen MR) is 120 cm³/mol. The number of nitrogens with zero attached hydrogens (tertiary/aromatic N) is 4. The summed E-state index contributed by atoms with van der Waals surface area (Å²) in [6.07, 6.45) is 11.6. The van der Waals surface area contributed by atoms with Crippen molar-refractivity contribution in [2.24, 2.45) is 23.5 Å². The minimum atomic E-state index is -0.110. The van der Waals surface area contributed by atoms with Crippen molar-refractivity contribution in [3.8, 4) is 0 Å². The Morgan fingerprint density at radius 2 is 1.87 bits per heavy atom. The van der Waals surface area contributed by atoms with Gasteiger partial charge in [-0.3, -0.25) is 9.69 Å². The lowest BCUT2D eigenvalue weighted by atomic mass is 9.74. The Bertz CT molecular complexity index is 775. The van der Waals surface area contributed by atoms with Gasteiger partial charge in [-0.15, -0.1) is 0 Å². The first-order valence-electron chi connectivity index (χ1n) is 12.0. The van der Waals surface area contributed by atoms with Crippen LogP contribution in [0.5, 0.6) is 0 Å². The van der Waals surface area contributed by atoms with Crippen molar-refractivity contribution in [2.45, 2.75) is 76.1 Å². The van der Waals surface area contributed by atoms with Gasteiger partial charge in [-0.05, 0) is 69.6 Å². The molecule has 2 bridgehead atoms. The number of anilines is 1. The van der Waals surface area contributed by atoms with Crippen LogP contribution in [0.1, 0.15) is 51.9 Å². The Labute approximate surface area is 189 Å². The third kappa shape index (κ3) is 4.29. The van der Waals surface area contributed by atoms with E-state index in [1.54, 1.807) is 12.4 Å². The van der Waals surface area contributed by atoms with Crippen LogP contribution in [0.3, 0.4) is 0 Å². The van der Waals surface area contributed by atoms with Crippen molar-refractivity contribution in [1.29, 1.82) is 0 Å². The monoisotopic (exact) mass is 447 g/mol. The van der Waals surface area contributed by atoms with Gasteiger partial charge in [-0.2, -0.15) is 0 Å². The van der Waals surface area contributed by atoms with Crippen LogP contribution in [-0.4, -0.2) is 64.7 Å². The van der Waals surface area contributed by atoms with E-state index >= 15 is 0 Å². The number of halogens is 1. The van der Waals surface area contributed by atoms with Gasteiger partial charge in [0.1, 0.15) is 0 Å². The summed E-state index contributed by atoms with van der Waals surface area (Å²) in [5, 5.41) is 0.558. The maximum absolute atomic E-state index is 12.2. The summed E-state index contributed by atoms with van der Waals surface area (Å²) in [7, 11) is 0. The van der Waals surface area contributed by atoms with Crippen LogP contribution in [0.15, 0.2) is 12.4 Å². The van der Waals surface area contributed by atoms with Gasteiger partial charge in [0.2, 0.25) is 11.9 Å². The predicted octanol–water partition coefficient (Wildman–Crippen LogP) is 2.87. The molecule has 1 aliphatic carbocycles. The van der Waals surface area contributed by atoms with E-state index in [0.29, 0.717) is 41.5 Å². The van der Waals surface area contributed by atoms with E-state index in [9.17, 15) is 4.79 Å². The smallest absolute Gasteiger partial charge is 0.235 e. The van der Waals surface area contributed by atoms with Crippen molar-refractivity contribution >= 4 is 23.5 Å². The normalized spacial score (nSPS) is 34.6. The second kappa shape index (κ2) is 8.83. The van der Waals surface area contributed by atoms with Crippen molar-refractivity contribution in [3.05, 3.63) is 17.4 Å². The summed E-state index contributed by atoms with van der Waals surface area (Å²) < 4.78 is 6.26. The third-order valence-corrected chi connectivity index (χ3v) is 8.19. The molecule has 2 N–H and O–H groups in total. The van der Waals surface area contributed by atoms with Gasteiger partial charge in [0.25, 0.3) is 0 Å². The second-order valence-corrected chi connectivity index (χ2v) is 10.3. The number of piperidine rings is 2. The zero-order valence-corrected chi connectivity index (χ0v) is 19.1. The first kappa shape index (κ1) is 21.4. The highest BCUT2D eigenvalue weighted by molar-refractivity contribution is 6.30. The summed E-state index contributed by atoms with van der Waals surface area (Å²) in [4.78, 5) is 25.8. The van der Waals surface area contributed by atoms with E-state index in [4.69, 9.17) is 22.1 Å². The van der Waals surface area contributed by atoms with Gasteiger partial charge < -0.3 is 15.4 Å². The second-order valence-electron chi connectivity index (χ2n) is 9.84. The van der Waals surface area contributed by atoms with Crippen LogP contribution in [0.25, 0.3) is 0 Å². The molecular formula is C23H34ClN5O2. The molecule has 31 heavy (non-hydrogen) atoms. The van der Waals surface area contributed by atoms with Crippen LogP contribution >= 0.6 is 11.6 Å². The van der Waals surface area contributed by atoms with E-state index in [2.05, 4.69) is 26.7 Å². The van der Waals surface area contributed by atoms with Crippen LogP contribution < -0.4 is 10.6 Å². The standard InChI is InChI=1S/C23H34ClN5O2/c1-2-31-20-13-28(23-26-11-16(24)12-27-23)8-7-19(20)15-9-17-5-6-18(10-15)29(17)21(22(25)30)14-3-4-14/h11-12,14-15,17-21H,2-10,13H2,1H3,(H2,25,30)/t15?,17-,18+,19-,20-,21?/m1/s1. The molecule has 1 amide bonds. The molecule has 0 radical (unpaired) electrons. The largest absolute Gasteiger partial charge is 0.376 e. The molecule has 1 saturated carbocycles. The highest BCUT2D eigenvalue weighted by atomic mass is 35.5. The van der Waals surface area contributed by atoms with Crippen LogP contribution in [0.4, 0.5) is 5.95 Å². The first-order chi connectivity index (χ1) is 15.0. The molecule has 0 spiro atoms. The molecule has 6 atom stereocenters. The summed E-state index contributed by atoms with van der Waals surface area (Å²) in [5.41, 5.74) is 5.85. The number of nitrogens with two attached hydrogens (primary N) is 1. The SMILES string of the molecule is CCO[C@@H]1CN(c2ncc(Cl)cn2)CC[C@@H]1C1C[C@H]2CC[C@@H](C1)N2C(C(N)=O)C1CC1. The van der Waals surface area contributed by atoms with Crippen molar-refractivity contribution in [1.82, 2.24) is 14.9 Å². The van der Waals surface area contributed by atoms with Crippen molar-refractivity contribution in [2.75, 3.05) is 24.6 Å². The molecule has 2 unspecified atom stereocenters. The zero-order valence-electron chi connectivity index (χ0n) is 18.3. The topological polar surface area (TPSA) is 84.6 Å². The molecule has 1 aromatic rings. The van der Waals surface area contributed by atoms with E-state index in [0.717, 1.165) is 38.3 Å². The molecule has 0 aromatic carbocycles. The van der Waals surface area contributed by atoms with E-state index < -0.39 is 0 Å². The molecule has 8 heteroatoms. The Hall–Kier alpha value is -1.44. The Balaban J connectivity index is 1.28. The lowest BCUT2D eigenvalue weighted by Crippen LogP contribution is -2.57. The van der Waals surface area contributed by atoms with Gasteiger partial charge in [0, 0.05) is 31.8 Å². The Kier molecular flexibility index (Phi) is 6.10. The number of hydrogen-bond acceptors (Lipinski definition) is 6. The molecular weight excluding hydrogens is 414 g/mol. The van der Waals surface area contributed by atoms with E-state index in [1.165, 1.54) is 25.7 Å². The molecule has 4 aliphatic rings. The molecule has 7 nitrogen and oxygen atoms in total. The highest BCUT2D eigenvalue weighted by Gasteiger charge is 2.51. The molecule has 5 rings (SSSR count). The highest BCUT2D eigenvalue weighted by Crippen LogP contribution is 2.48. The van der Waals surface area contributed by atoms with E-state index in [1.807, 2.05) is 0 Å². The number of ether oxygens (including phenoxy) is 1. The first-order valence-corrected chi connectivity index (χ1v) is 12.3. The summed E-state index contributed by atoms with van der Waals surface area (Å²) in [6.45, 7) is 4.56. The number of aromatic nitrogens is 2. The third-order valence-electron chi connectivity index (χ3n) is 7.99. The van der Waals surface area contributed by atoms with Crippen molar-refractivity contribution < 1.29 is 9.53 Å². The summed E-state index contributed by atoms with van der Waals surface area (Å²) in [6, 6.07) is 0.966. The van der Waals surface area contributed by atoms with Gasteiger partial charge in [0.15, 0.2) is 0 Å². The molecule has 4 heterocycles. The zero-order chi connectivity index (χ0) is 21.5. The molecule has 3 aliphatic heterocycles. The minimum Gasteiger partial charge on any atom is -0.376 e. The summed E-state index contributed by atoms with van der Waals surface area (Å²) >= 11 is 5.96. The minimum absolute atomic E-state index is 0.0370. The number of primary amides is 1. The number of carbonyl (C=O) groups excluding carboxylic acids is 1. The lowest BCUT2D eigenvalue weighted by Gasteiger charge is -2.48. The molecule has 170 valence electrons. The van der Waals surface area contributed by atoms with Gasteiger partial charge in [0.05, 0.1) is 29.6 Å². The molecule has 1 aromatic heterocycles. The molecule has 4 fully saturated rings. The fourth-order valence-corrected chi connectivity index (χ4v) is 6.71. The quantitative estimate of drug-likeness (QED) is 0.691. The van der Waals surface area contributed by atoms with Crippen molar-refractivity contribution in [3.63, 3.8) is 0 Å². The number of rotatable bonds is 7. The Morgan fingerprint density at radius 1 is 1.19 bits per heavy atom. The fourth-order valence-electron chi connectivity index (χ4n) is 6.61. The van der Waals surface area contributed by atoms with Crippen LogP contribution in [0, 0.1) is 17.8 Å². The van der Waals surface area contributed by atoms with Gasteiger partial charge in [-0.1, -0.05) is 11.6 Å². The average molecular weight is 448 g/mol. The number of carbonyl (C=O) groups is 1. The maximum Gasteiger partial charge on any atom is 0.235 e.